The van der Waals surface area contributed by atoms with E-state index in [2.05, 4.69) is 51.8 Å². The van der Waals surface area contributed by atoms with Crippen molar-refractivity contribution in [2.45, 2.75) is 58.2 Å². The van der Waals surface area contributed by atoms with E-state index in [0.717, 1.165) is 38.2 Å². The Morgan fingerprint density at radius 3 is 2.58 bits per heavy atom. The van der Waals surface area contributed by atoms with E-state index in [1.54, 1.807) is 7.05 Å². The normalized spacial score (nSPS) is 16.1. The fourth-order valence-corrected chi connectivity index (χ4v) is 3.59. The molecule has 1 aromatic carbocycles. The lowest BCUT2D eigenvalue weighted by Gasteiger charge is -2.31. The zero-order valence-corrected chi connectivity index (χ0v) is 16.8. The van der Waals surface area contributed by atoms with Crippen molar-refractivity contribution in [1.29, 1.82) is 0 Å². The van der Waals surface area contributed by atoms with Crippen molar-refractivity contribution in [3.63, 3.8) is 0 Å². The average Bonchev–Trinajstić information content (AvgIpc) is 2.69. The number of guanidine groups is 1. The van der Waals surface area contributed by atoms with E-state index in [1.807, 2.05) is 6.92 Å². The summed E-state index contributed by atoms with van der Waals surface area (Å²) < 4.78 is 5.36. The summed E-state index contributed by atoms with van der Waals surface area (Å²) >= 11 is 0. The Labute approximate surface area is 159 Å². The molecule has 2 N–H and O–H groups in total. The minimum Gasteiger partial charge on any atom is -0.380 e. The molecule has 1 aliphatic rings. The average molecular weight is 361 g/mol. The first kappa shape index (κ1) is 20.7. The highest BCUT2D eigenvalue weighted by Crippen LogP contribution is 2.23. The Kier molecular flexibility index (Phi) is 9.50. The first-order valence-electron chi connectivity index (χ1n) is 10.0. The minimum atomic E-state index is 0.694. The van der Waals surface area contributed by atoms with Crippen LogP contribution in [0.4, 0.5) is 0 Å². The number of nitrogens with one attached hydrogen (secondary N) is 2. The van der Waals surface area contributed by atoms with Gasteiger partial charge in [0.15, 0.2) is 5.96 Å². The monoisotopic (exact) mass is 360 g/mol. The van der Waals surface area contributed by atoms with Gasteiger partial charge in [-0.3, -0.25) is 9.89 Å². The van der Waals surface area contributed by atoms with Crippen LogP contribution in [0.3, 0.4) is 0 Å². The van der Waals surface area contributed by atoms with Gasteiger partial charge in [0, 0.05) is 39.3 Å². The molecule has 5 heteroatoms. The molecular weight excluding hydrogens is 324 g/mol. The summed E-state index contributed by atoms with van der Waals surface area (Å²) in [6.07, 6.45) is 6.84. The molecule has 0 atom stereocenters. The van der Waals surface area contributed by atoms with E-state index in [9.17, 15) is 0 Å². The summed E-state index contributed by atoms with van der Waals surface area (Å²) in [6, 6.07) is 9.46. The van der Waals surface area contributed by atoms with E-state index in [-0.39, 0.29) is 0 Å². The van der Waals surface area contributed by atoms with Crippen LogP contribution in [0.2, 0.25) is 0 Å². The van der Waals surface area contributed by atoms with Crippen LogP contribution in [0.15, 0.2) is 29.3 Å². The van der Waals surface area contributed by atoms with Crippen LogP contribution in [0.25, 0.3) is 0 Å². The Bertz CT molecular complexity index is 541. The summed E-state index contributed by atoms with van der Waals surface area (Å²) in [5.41, 5.74) is 2.74. The van der Waals surface area contributed by atoms with Crippen LogP contribution < -0.4 is 10.6 Å². The van der Waals surface area contributed by atoms with Gasteiger partial charge in [0.1, 0.15) is 0 Å². The lowest BCUT2D eigenvalue weighted by Crippen LogP contribution is -2.39. The van der Waals surface area contributed by atoms with Gasteiger partial charge < -0.3 is 15.4 Å². The lowest BCUT2D eigenvalue weighted by atomic mass is 9.94. The maximum atomic E-state index is 5.36. The van der Waals surface area contributed by atoms with E-state index >= 15 is 0 Å². The quantitative estimate of drug-likeness (QED) is 0.403. The number of nitrogens with zero attached hydrogens (tertiary/aromatic N) is 2. The maximum Gasteiger partial charge on any atom is 0.191 e. The molecule has 0 unspecified atom stereocenters. The third-order valence-corrected chi connectivity index (χ3v) is 5.15. The Balaban J connectivity index is 1.87. The highest BCUT2D eigenvalue weighted by atomic mass is 16.5. The molecule has 0 saturated heterocycles. The second kappa shape index (κ2) is 11.9. The SMILES string of the molecule is CCOCCNC(=NC)NCc1ccccc1CN(C)C1CCCCC1. The molecule has 146 valence electrons. The van der Waals surface area contributed by atoms with Gasteiger partial charge in [0.05, 0.1) is 6.61 Å². The van der Waals surface area contributed by atoms with E-state index < -0.39 is 0 Å². The molecule has 5 nitrogen and oxygen atoms in total. The van der Waals surface area contributed by atoms with Crippen molar-refractivity contribution in [2.24, 2.45) is 4.99 Å². The topological polar surface area (TPSA) is 48.9 Å². The zero-order valence-electron chi connectivity index (χ0n) is 16.8. The molecule has 1 fully saturated rings. The van der Waals surface area contributed by atoms with Crippen LogP contribution in [0.1, 0.15) is 50.2 Å². The third kappa shape index (κ3) is 6.96. The molecule has 1 aliphatic carbocycles. The van der Waals surface area contributed by atoms with Crippen molar-refractivity contribution < 1.29 is 4.74 Å². The Morgan fingerprint density at radius 2 is 1.88 bits per heavy atom. The fraction of sp³-hybridized carbons (Fsp3) is 0.667. The maximum absolute atomic E-state index is 5.36. The largest absolute Gasteiger partial charge is 0.380 e. The fourth-order valence-electron chi connectivity index (χ4n) is 3.59. The van der Waals surface area contributed by atoms with Gasteiger partial charge in [0.25, 0.3) is 0 Å². The molecule has 1 saturated carbocycles. The number of aliphatic imine (C=N–C) groups is 1. The van der Waals surface area contributed by atoms with E-state index in [0.29, 0.717) is 6.61 Å². The lowest BCUT2D eigenvalue weighted by molar-refractivity contribution is 0.152. The first-order chi connectivity index (χ1) is 12.7. The molecule has 0 radical (unpaired) electrons. The first-order valence-corrected chi connectivity index (χ1v) is 10.0. The van der Waals surface area contributed by atoms with Gasteiger partial charge in [-0.05, 0) is 37.9 Å². The number of benzene rings is 1. The second-order valence-corrected chi connectivity index (χ2v) is 7.03. The third-order valence-electron chi connectivity index (χ3n) is 5.15. The smallest absolute Gasteiger partial charge is 0.191 e. The van der Waals surface area contributed by atoms with Gasteiger partial charge >= 0.3 is 0 Å². The second-order valence-electron chi connectivity index (χ2n) is 7.03. The van der Waals surface area contributed by atoms with E-state index in [1.165, 1.54) is 43.2 Å². The highest BCUT2D eigenvalue weighted by molar-refractivity contribution is 5.79. The van der Waals surface area contributed by atoms with Crippen LogP contribution >= 0.6 is 0 Å². The van der Waals surface area contributed by atoms with Crippen molar-refractivity contribution in [3.05, 3.63) is 35.4 Å². The number of ether oxygens (including phenoxy) is 1. The molecular formula is C21H36N4O. The predicted molar refractivity (Wildman–Crippen MR) is 109 cm³/mol. The zero-order chi connectivity index (χ0) is 18.6. The van der Waals surface area contributed by atoms with Crippen LogP contribution in [-0.2, 0) is 17.8 Å². The highest BCUT2D eigenvalue weighted by Gasteiger charge is 2.18. The molecule has 26 heavy (non-hydrogen) atoms. The van der Waals surface area contributed by atoms with Crippen LogP contribution in [-0.4, -0.2) is 50.8 Å². The van der Waals surface area contributed by atoms with Gasteiger partial charge in [0.2, 0.25) is 0 Å². The molecule has 0 aromatic heterocycles. The number of hydrogen-bond acceptors (Lipinski definition) is 3. The molecule has 2 rings (SSSR count). The summed E-state index contributed by atoms with van der Waals surface area (Å²) in [6.45, 7) is 6.01. The molecule has 0 spiro atoms. The Morgan fingerprint density at radius 1 is 1.15 bits per heavy atom. The van der Waals surface area contributed by atoms with E-state index in [4.69, 9.17) is 4.74 Å². The van der Waals surface area contributed by atoms with Gasteiger partial charge in [-0.15, -0.1) is 0 Å². The summed E-state index contributed by atoms with van der Waals surface area (Å²) in [7, 11) is 4.08. The number of hydrogen-bond donors (Lipinski definition) is 2. The molecule has 0 heterocycles. The molecule has 0 aliphatic heterocycles. The van der Waals surface area contributed by atoms with Gasteiger partial charge in [-0.25, -0.2) is 0 Å². The number of rotatable bonds is 9. The van der Waals surface area contributed by atoms with Crippen LogP contribution in [0.5, 0.6) is 0 Å². The molecule has 0 bridgehead atoms. The standard InChI is InChI=1S/C21H36N4O/c1-4-26-15-14-23-21(22-2)24-16-18-10-8-9-11-19(18)17-25(3)20-12-6-5-7-13-20/h8-11,20H,4-7,12-17H2,1-3H3,(H2,22,23,24). The van der Waals surface area contributed by atoms with Crippen molar-refractivity contribution >= 4 is 5.96 Å². The summed E-state index contributed by atoms with van der Waals surface area (Å²) in [5.74, 6) is 0.820. The van der Waals surface area contributed by atoms with Crippen molar-refractivity contribution in [3.8, 4) is 0 Å². The molecule has 0 amide bonds. The Hall–Kier alpha value is -1.59. The molecule has 1 aromatic rings. The van der Waals surface area contributed by atoms with Crippen LogP contribution in [0, 0.1) is 0 Å². The van der Waals surface area contributed by atoms with Gasteiger partial charge in [-0.2, -0.15) is 0 Å². The predicted octanol–water partition coefficient (Wildman–Crippen LogP) is 3.15. The summed E-state index contributed by atoms with van der Waals surface area (Å²) in [5, 5.41) is 6.71. The minimum absolute atomic E-state index is 0.694. The summed E-state index contributed by atoms with van der Waals surface area (Å²) in [4.78, 5) is 6.83. The van der Waals surface area contributed by atoms with Gasteiger partial charge in [-0.1, -0.05) is 43.5 Å². The van der Waals surface area contributed by atoms with Crippen molar-refractivity contribution in [1.82, 2.24) is 15.5 Å². The van der Waals surface area contributed by atoms with Crippen molar-refractivity contribution in [2.75, 3.05) is 33.9 Å².